The third-order valence-electron chi connectivity index (χ3n) is 3.66. The molecule has 0 aromatic heterocycles. The molecule has 3 nitrogen and oxygen atoms in total. The molecule has 2 aromatic carbocycles. The Morgan fingerprint density at radius 3 is 2.24 bits per heavy atom. The Labute approximate surface area is 125 Å². The first kappa shape index (κ1) is 15.7. The van der Waals surface area contributed by atoms with Crippen LogP contribution in [-0.4, -0.2) is 12.9 Å². The van der Waals surface area contributed by atoms with E-state index in [2.05, 4.69) is 0 Å². The number of carbonyl (C=O) groups is 1. The predicted molar refractivity (Wildman–Crippen MR) is 86.2 cm³/mol. The quantitative estimate of drug-likeness (QED) is 0.640. The summed E-state index contributed by atoms with van der Waals surface area (Å²) < 4.78 is 16.9. The van der Waals surface area contributed by atoms with Gasteiger partial charge in [0.1, 0.15) is 0 Å². The molecule has 0 aliphatic heterocycles. The molecule has 4 heteroatoms. The molecule has 0 spiro atoms. The van der Waals surface area contributed by atoms with Gasteiger partial charge in [-0.25, -0.2) is 0 Å². The molecule has 110 valence electrons. The number of benzene rings is 2. The Kier molecular flexibility index (Phi) is 4.76. The highest BCUT2D eigenvalue weighted by atomic mass is 31.1. The highest BCUT2D eigenvalue weighted by Crippen LogP contribution is 2.25. The van der Waals surface area contributed by atoms with E-state index in [4.69, 9.17) is 4.52 Å². The first-order chi connectivity index (χ1) is 9.95. The van der Waals surface area contributed by atoms with Gasteiger partial charge in [-0.05, 0) is 49.6 Å². The summed E-state index contributed by atoms with van der Waals surface area (Å²) in [6.07, 6.45) is 0. The molecule has 0 heterocycles. The summed E-state index contributed by atoms with van der Waals surface area (Å²) in [6, 6.07) is 10.8. The lowest BCUT2D eigenvalue weighted by Crippen LogP contribution is -2.15. The van der Waals surface area contributed by atoms with E-state index in [1.54, 1.807) is 24.3 Å². The van der Waals surface area contributed by atoms with Crippen LogP contribution in [0, 0.1) is 20.8 Å². The van der Waals surface area contributed by atoms with Gasteiger partial charge in [-0.15, -0.1) is 0 Å². The van der Waals surface area contributed by atoms with Crippen molar-refractivity contribution in [2.75, 3.05) is 7.11 Å². The van der Waals surface area contributed by atoms with E-state index in [-0.39, 0.29) is 5.78 Å². The molecule has 0 saturated heterocycles. The average Bonchev–Trinajstić information content (AvgIpc) is 2.49. The fourth-order valence-electron chi connectivity index (χ4n) is 2.32. The van der Waals surface area contributed by atoms with Crippen LogP contribution in [0.5, 0.6) is 0 Å². The van der Waals surface area contributed by atoms with Crippen molar-refractivity contribution in [3.05, 3.63) is 64.2 Å². The summed E-state index contributed by atoms with van der Waals surface area (Å²) in [5.74, 6) is -0.110. The zero-order chi connectivity index (χ0) is 15.6. The van der Waals surface area contributed by atoms with Gasteiger partial charge < -0.3 is 4.52 Å². The molecular weight excluding hydrogens is 283 g/mol. The molecule has 21 heavy (non-hydrogen) atoms. The average molecular weight is 302 g/mol. The molecule has 0 saturated carbocycles. The third-order valence-corrected chi connectivity index (χ3v) is 4.91. The maximum absolute atomic E-state index is 12.8. The molecule has 0 fully saturated rings. The van der Waals surface area contributed by atoms with Gasteiger partial charge >= 0.3 is 0 Å². The monoisotopic (exact) mass is 302 g/mol. The predicted octanol–water partition coefficient (Wildman–Crippen LogP) is 3.59. The molecular formula is C17H19O3P. The lowest BCUT2D eigenvalue weighted by molar-refractivity contribution is 0.103. The van der Waals surface area contributed by atoms with Crippen LogP contribution in [0.2, 0.25) is 0 Å². The summed E-state index contributed by atoms with van der Waals surface area (Å²) in [7, 11) is -0.997. The Hall–Kier alpha value is -1.70. The van der Waals surface area contributed by atoms with Crippen LogP contribution >= 0.6 is 8.03 Å². The smallest absolute Gasteiger partial charge is 0.221 e. The normalized spacial score (nSPS) is 12.2. The molecule has 2 rings (SSSR count). The van der Waals surface area contributed by atoms with Crippen molar-refractivity contribution >= 4 is 19.1 Å². The van der Waals surface area contributed by atoms with Crippen molar-refractivity contribution in [3.8, 4) is 0 Å². The standard InChI is InChI=1S/C17H19O3P/c1-11-9-13(3)15(10-12(11)2)17(18)14-7-5-6-8-16(14)21(19)20-4/h5-10,21H,1-4H3. The highest BCUT2D eigenvalue weighted by Gasteiger charge is 2.18. The lowest BCUT2D eigenvalue weighted by Gasteiger charge is -2.11. The van der Waals surface area contributed by atoms with Crippen LogP contribution in [0.4, 0.5) is 0 Å². The minimum atomic E-state index is -2.39. The van der Waals surface area contributed by atoms with E-state index in [1.165, 1.54) is 7.11 Å². The summed E-state index contributed by atoms with van der Waals surface area (Å²) in [4.78, 5) is 12.8. The summed E-state index contributed by atoms with van der Waals surface area (Å²) in [6.45, 7) is 5.92. The zero-order valence-electron chi connectivity index (χ0n) is 12.7. The number of aryl methyl sites for hydroxylation is 3. The van der Waals surface area contributed by atoms with E-state index >= 15 is 0 Å². The van der Waals surface area contributed by atoms with Gasteiger partial charge in [0, 0.05) is 23.5 Å². The van der Waals surface area contributed by atoms with Gasteiger partial charge in [0.25, 0.3) is 0 Å². The van der Waals surface area contributed by atoms with Crippen LogP contribution in [-0.2, 0) is 9.09 Å². The van der Waals surface area contributed by atoms with Gasteiger partial charge in [-0.2, -0.15) is 0 Å². The van der Waals surface area contributed by atoms with Crippen LogP contribution in [0.1, 0.15) is 32.6 Å². The van der Waals surface area contributed by atoms with Crippen molar-refractivity contribution in [1.29, 1.82) is 0 Å². The van der Waals surface area contributed by atoms with E-state index in [0.29, 0.717) is 16.4 Å². The molecule has 0 bridgehead atoms. The maximum Gasteiger partial charge on any atom is 0.221 e. The SMILES string of the molecule is CO[PH](=O)c1ccccc1C(=O)c1cc(C)c(C)cc1C. The Bertz CT molecular complexity index is 720. The van der Waals surface area contributed by atoms with E-state index in [9.17, 15) is 9.36 Å². The van der Waals surface area contributed by atoms with Gasteiger partial charge in [0.05, 0.1) is 0 Å². The summed E-state index contributed by atoms with van der Waals surface area (Å²) >= 11 is 0. The Balaban J connectivity index is 2.56. The van der Waals surface area contributed by atoms with Crippen molar-refractivity contribution in [3.63, 3.8) is 0 Å². The number of ketones is 1. The van der Waals surface area contributed by atoms with Gasteiger partial charge in [-0.1, -0.05) is 24.3 Å². The largest absolute Gasteiger partial charge is 0.331 e. The molecule has 2 aromatic rings. The number of hydrogen-bond donors (Lipinski definition) is 0. The van der Waals surface area contributed by atoms with Crippen LogP contribution in [0.15, 0.2) is 36.4 Å². The van der Waals surface area contributed by atoms with Crippen molar-refractivity contribution < 1.29 is 13.9 Å². The van der Waals surface area contributed by atoms with Crippen molar-refractivity contribution in [2.45, 2.75) is 20.8 Å². The zero-order valence-corrected chi connectivity index (χ0v) is 13.7. The molecule has 1 unspecified atom stereocenters. The van der Waals surface area contributed by atoms with Crippen LogP contribution < -0.4 is 5.30 Å². The van der Waals surface area contributed by atoms with Crippen molar-refractivity contribution in [2.24, 2.45) is 0 Å². The second-order valence-electron chi connectivity index (χ2n) is 5.12. The molecule has 0 N–H and O–H groups in total. The summed E-state index contributed by atoms with van der Waals surface area (Å²) in [5, 5.41) is 0.479. The molecule has 1 atom stereocenters. The first-order valence-electron chi connectivity index (χ1n) is 6.75. The molecule has 0 aliphatic rings. The lowest BCUT2D eigenvalue weighted by atomic mass is 9.95. The minimum Gasteiger partial charge on any atom is -0.331 e. The number of hydrogen-bond acceptors (Lipinski definition) is 3. The molecule has 0 radical (unpaired) electrons. The van der Waals surface area contributed by atoms with Gasteiger partial charge in [-0.3, -0.25) is 9.36 Å². The van der Waals surface area contributed by atoms with Crippen LogP contribution in [0.3, 0.4) is 0 Å². The van der Waals surface area contributed by atoms with Gasteiger partial charge in [0.2, 0.25) is 8.03 Å². The van der Waals surface area contributed by atoms with Crippen LogP contribution in [0.25, 0.3) is 0 Å². The third kappa shape index (κ3) is 3.15. The van der Waals surface area contributed by atoms with E-state index in [0.717, 1.165) is 16.7 Å². The second kappa shape index (κ2) is 6.38. The van der Waals surface area contributed by atoms with Crippen molar-refractivity contribution in [1.82, 2.24) is 0 Å². The fourth-order valence-corrected chi connectivity index (χ4v) is 3.19. The fraction of sp³-hybridized carbons (Fsp3) is 0.235. The maximum atomic E-state index is 12.8. The summed E-state index contributed by atoms with van der Waals surface area (Å²) in [5.41, 5.74) is 4.25. The first-order valence-corrected chi connectivity index (χ1v) is 8.07. The molecule has 0 amide bonds. The van der Waals surface area contributed by atoms with E-state index < -0.39 is 8.03 Å². The highest BCUT2D eigenvalue weighted by molar-refractivity contribution is 7.48. The number of rotatable bonds is 4. The van der Waals surface area contributed by atoms with E-state index in [1.807, 2.05) is 32.9 Å². The minimum absolute atomic E-state index is 0.110. The number of carbonyl (C=O) groups excluding carboxylic acids is 1. The second-order valence-corrected chi connectivity index (χ2v) is 6.64. The Morgan fingerprint density at radius 1 is 0.952 bits per heavy atom. The Morgan fingerprint density at radius 2 is 1.57 bits per heavy atom. The molecule has 0 aliphatic carbocycles. The van der Waals surface area contributed by atoms with Gasteiger partial charge in [0.15, 0.2) is 5.78 Å². The topological polar surface area (TPSA) is 43.4 Å².